The Morgan fingerprint density at radius 2 is 2.21 bits per heavy atom. The molecule has 2 heterocycles. The van der Waals surface area contributed by atoms with Crippen LogP contribution < -0.4 is 10.6 Å². The Labute approximate surface area is 142 Å². The van der Waals surface area contributed by atoms with Gasteiger partial charge < -0.3 is 15.2 Å². The number of hydrogen-bond acceptors (Lipinski definition) is 6. The van der Waals surface area contributed by atoms with Crippen molar-refractivity contribution in [3.63, 3.8) is 0 Å². The fraction of sp³-hybridized carbons (Fsp3) is 0.529. The van der Waals surface area contributed by atoms with Crippen molar-refractivity contribution in [2.75, 3.05) is 11.9 Å². The molecule has 0 aliphatic carbocycles. The van der Waals surface area contributed by atoms with Gasteiger partial charge in [-0.2, -0.15) is 0 Å². The van der Waals surface area contributed by atoms with Crippen molar-refractivity contribution in [3.8, 4) is 0 Å². The van der Waals surface area contributed by atoms with Crippen molar-refractivity contribution in [1.29, 1.82) is 0 Å². The summed E-state index contributed by atoms with van der Waals surface area (Å²) in [5.41, 5.74) is 2.08. The van der Waals surface area contributed by atoms with E-state index in [0.717, 1.165) is 25.0 Å². The van der Waals surface area contributed by atoms with Crippen molar-refractivity contribution < 1.29 is 9.32 Å². The number of rotatable bonds is 9. The van der Waals surface area contributed by atoms with Gasteiger partial charge in [-0.25, -0.2) is 9.97 Å². The van der Waals surface area contributed by atoms with Gasteiger partial charge in [0.1, 0.15) is 11.8 Å². The highest BCUT2D eigenvalue weighted by Crippen LogP contribution is 2.09. The Kier molecular flexibility index (Phi) is 6.72. The van der Waals surface area contributed by atoms with E-state index in [1.807, 2.05) is 19.9 Å². The van der Waals surface area contributed by atoms with Crippen LogP contribution in [0.25, 0.3) is 0 Å². The minimum atomic E-state index is -0.165. The molecule has 7 heteroatoms. The van der Waals surface area contributed by atoms with Gasteiger partial charge in [-0.15, -0.1) is 0 Å². The molecular formula is C17H25N5O2. The maximum atomic E-state index is 12.3. The third-order valence-corrected chi connectivity index (χ3v) is 3.77. The van der Waals surface area contributed by atoms with Crippen LogP contribution >= 0.6 is 0 Å². The van der Waals surface area contributed by atoms with E-state index in [-0.39, 0.29) is 11.9 Å². The van der Waals surface area contributed by atoms with Crippen LogP contribution in [0.15, 0.2) is 23.0 Å². The molecule has 2 aromatic heterocycles. The van der Waals surface area contributed by atoms with Gasteiger partial charge in [0.2, 0.25) is 5.95 Å². The average Bonchev–Trinajstić information content (AvgIpc) is 3.06. The molecule has 1 atom stereocenters. The third-order valence-electron chi connectivity index (χ3n) is 3.77. The number of aryl methyl sites for hydroxylation is 2. The molecule has 24 heavy (non-hydrogen) atoms. The summed E-state index contributed by atoms with van der Waals surface area (Å²) < 4.78 is 4.89. The van der Waals surface area contributed by atoms with E-state index in [4.69, 9.17) is 4.52 Å². The minimum Gasteiger partial charge on any atom is -0.364 e. The fourth-order valence-electron chi connectivity index (χ4n) is 2.39. The lowest BCUT2D eigenvalue weighted by atomic mass is 10.1. The first kappa shape index (κ1) is 17.9. The monoisotopic (exact) mass is 331 g/mol. The third kappa shape index (κ3) is 5.04. The molecule has 2 rings (SSSR count). The average molecular weight is 331 g/mol. The molecule has 130 valence electrons. The van der Waals surface area contributed by atoms with Crippen molar-refractivity contribution in [3.05, 3.63) is 35.5 Å². The molecule has 0 fully saturated rings. The zero-order valence-corrected chi connectivity index (χ0v) is 14.5. The van der Waals surface area contributed by atoms with Gasteiger partial charge >= 0.3 is 0 Å². The number of hydrogen-bond donors (Lipinski definition) is 2. The highest BCUT2D eigenvalue weighted by atomic mass is 16.5. The van der Waals surface area contributed by atoms with Crippen LogP contribution in [0.2, 0.25) is 0 Å². The Morgan fingerprint density at radius 1 is 1.38 bits per heavy atom. The SMILES string of the molecule is CCCCC(CNC(=O)c1conc1CC)Nc1nccc(C)n1. The molecule has 0 saturated heterocycles. The van der Waals surface area contributed by atoms with Crippen LogP contribution in [0.5, 0.6) is 0 Å². The first-order valence-corrected chi connectivity index (χ1v) is 8.41. The molecule has 7 nitrogen and oxygen atoms in total. The molecule has 2 N–H and O–H groups in total. The smallest absolute Gasteiger partial charge is 0.256 e. The Hall–Kier alpha value is -2.44. The molecular weight excluding hydrogens is 306 g/mol. The maximum Gasteiger partial charge on any atom is 0.256 e. The van der Waals surface area contributed by atoms with Crippen LogP contribution in [0.1, 0.15) is 54.9 Å². The molecule has 0 saturated carbocycles. The number of nitrogens with zero attached hydrogens (tertiary/aromatic N) is 3. The Balaban J connectivity index is 1.96. The molecule has 2 aromatic rings. The zero-order chi connectivity index (χ0) is 17.4. The van der Waals surface area contributed by atoms with Gasteiger partial charge in [-0.05, 0) is 25.8 Å². The normalized spacial score (nSPS) is 12.0. The highest BCUT2D eigenvalue weighted by molar-refractivity contribution is 5.94. The van der Waals surface area contributed by atoms with E-state index in [9.17, 15) is 4.79 Å². The van der Waals surface area contributed by atoms with Crippen molar-refractivity contribution >= 4 is 11.9 Å². The van der Waals surface area contributed by atoms with Crippen LogP contribution in [0.4, 0.5) is 5.95 Å². The molecule has 0 aliphatic rings. The van der Waals surface area contributed by atoms with E-state index in [0.29, 0.717) is 30.2 Å². The number of anilines is 1. The first-order valence-electron chi connectivity index (χ1n) is 8.41. The summed E-state index contributed by atoms with van der Waals surface area (Å²) in [5, 5.41) is 10.1. The molecule has 0 spiro atoms. The summed E-state index contributed by atoms with van der Waals surface area (Å²) >= 11 is 0. The van der Waals surface area contributed by atoms with E-state index in [1.54, 1.807) is 6.20 Å². The topological polar surface area (TPSA) is 92.9 Å². The number of carbonyl (C=O) groups is 1. The lowest BCUT2D eigenvalue weighted by molar-refractivity contribution is 0.0950. The second kappa shape index (κ2) is 9.00. The Bertz CT molecular complexity index is 656. The summed E-state index contributed by atoms with van der Waals surface area (Å²) in [7, 11) is 0. The van der Waals surface area contributed by atoms with Gasteiger partial charge in [0.05, 0.1) is 5.69 Å². The highest BCUT2D eigenvalue weighted by Gasteiger charge is 2.17. The molecule has 0 bridgehead atoms. The summed E-state index contributed by atoms with van der Waals surface area (Å²) in [5.74, 6) is 0.422. The standard InChI is InChI=1S/C17H25N5O2/c1-4-6-7-13(21-17-18-9-8-12(3)20-17)10-19-16(23)14-11-24-22-15(14)5-2/h8-9,11,13H,4-7,10H2,1-3H3,(H,19,23)(H,18,20,21). The number of aromatic nitrogens is 3. The second-order valence-electron chi connectivity index (χ2n) is 5.74. The molecule has 0 radical (unpaired) electrons. The van der Waals surface area contributed by atoms with E-state index >= 15 is 0 Å². The zero-order valence-electron chi connectivity index (χ0n) is 14.5. The number of carbonyl (C=O) groups excluding carboxylic acids is 1. The van der Waals surface area contributed by atoms with E-state index in [1.165, 1.54) is 6.26 Å². The van der Waals surface area contributed by atoms with Crippen molar-refractivity contribution in [2.24, 2.45) is 0 Å². The fourth-order valence-corrected chi connectivity index (χ4v) is 2.39. The van der Waals surface area contributed by atoms with Crippen LogP contribution in [-0.2, 0) is 6.42 Å². The lowest BCUT2D eigenvalue weighted by Crippen LogP contribution is -2.37. The molecule has 0 aliphatic heterocycles. The summed E-state index contributed by atoms with van der Waals surface area (Å²) in [4.78, 5) is 20.9. The van der Waals surface area contributed by atoms with Gasteiger partial charge in [0.25, 0.3) is 5.91 Å². The van der Waals surface area contributed by atoms with Crippen LogP contribution in [0.3, 0.4) is 0 Å². The van der Waals surface area contributed by atoms with Gasteiger partial charge in [0, 0.05) is 24.5 Å². The van der Waals surface area contributed by atoms with Crippen molar-refractivity contribution in [2.45, 2.75) is 52.5 Å². The molecule has 1 amide bonds. The molecule has 1 unspecified atom stereocenters. The second-order valence-corrected chi connectivity index (χ2v) is 5.74. The van der Waals surface area contributed by atoms with E-state index in [2.05, 4.69) is 32.7 Å². The minimum absolute atomic E-state index is 0.0700. The van der Waals surface area contributed by atoms with Gasteiger partial charge in [0.15, 0.2) is 0 Å². The largest absolute Gasteiger partial charge is 0.364 e. The number of unbranched alkanes of at least 4 members (excludes halogenated alkanes) is 1. The molecule has 0 aromatic carbocycles. The predicted octanol–water partition coefficient (Wildman–Crippen LogP) is 2.74. The van der Waals surface area contributed by atoms with Crippen LogP contribution in [-0.4, -0.2) is 33.6 Å². The maximum absolute atomic E-state index is 12.3. The summed E-state index contributed by atoms with van der Waals surface area (Å²) in [6.45, 7) is 6.50. The van der Waals surface area contributed by atoms with Gasteiger partial charge in [-0.3, -0.25) is 4.79 Å². The van der Waals surface area contributed by atoms with Gasteiger partial charge in [-0.1, -0.05) is 31.8 Å². The van der Waals surface area contributed by atoms with Crippen LogP contribution in [0, 0.1) is 6.92 Å². The lowest BCUT2D eigenvalue weighted by Gasteiger charge is -2.19. The number of nitrogens with one attached hydrogen (secondary N) is 2. The number of amides is 1. The van der Waals surface area contributed by atoms with E-state index < -0.39 is 0 Å². The first-order chi connectivity index (χ1) is 11.6. The summed E-state index contributed by atoms with van der Waals surface area (Å²) in [6.07, 6.45) is 6.86. The predicted molar refractivity (Wildman–Crippen MR) is 91.9 cm³/mol. The summed E-state index contributed by atoms with van der Waals surface area (Å²) in [6, 6.07) is 1.92. The quantitative estimate of drug-likeness (QED) is 0.734. The Morgan fingerprint density at radius 3 is 2.92 bits per heavy atom. The van der Waals surface area contributed by atoms with Crippen molar-refractivity contribution in [1.82, 2.24) is 20.4 Å².